The van der Waals surface area contributed by atoms with E-state index in [9.17, 15) is 9.50 Å². The zero-order valence-electron chi connectivity index (χ0n) is 13.3. The summed E-state index contributed by atoms with van der Waals surface area (Å²) in [5.74, 6) is 0. The molecule has 1 heterocycles. The minimum atomic E-state index is -1.35. The molecule has 3 rings (SSSR count). The smallest absolute Gasteiger partial charge is 0.183 e. The fourth-order valence-electron chi connectivity index (χ4n) is 2.66. The Morgan fingerprint density at radius 2 is 1.38 bits per heavy atom. The van der Waals surface area contributed by atoms with E-state index in [1.807, 2.05) is 60.7 Å². The third-order valence-corrected chi connectivity index (χ3v) is 3.96. The van der Waals surface area contributed by atoms with E-state index in [1.165, 1.54) is 0 Å². The molecule has 1 N–H and O–H groups in total. The van der Waals surface area contributed by atoms with Crippen LogP contribution in [0.4, 0.5) is 4.39 Å². The summed E-state index contributed by atoms with van der Waals surface area (Å²) in [6.45, 7) is 0.305. The van der Waals surface area contributed by atoms with Crippen LogP contribution in [0.3, 0.4) is 0 Å². The molecule has 4 nitrogen and oxygen atoms in total. The molecule has 24 heavy (non-hydrogen) atoms. The van der Waals surface area contributed by atoms with E-state index < -0.39 is 24.7 Å². The first kappa shape index (κ1) is 17.0. The molecule has 0 unspecified atom stereocenters. The second-order valence-corrected chi connectivity index (χ2v) is 5.76. The summed E-state index contributed by atoms with van der Waals surface area (Å²) in [7, 11) is 0. The van der Waals surface area contributed by atoms with Crippen LogP contribution in [0, 0.1) is 0 Å². The van der Waals surface area contributed by atoms with Crippen molar-refractivity contribution < 1.29 is 23.7 Å². The molecule has 1 aliphatic rings. The average Bonchev–Trinajstić information content (AvgIpc) is 2.63. The molecule has 2 aromatic carbocycles. The lowest BCUT2D eigenvalue weighted by molar-refractivity contribution is -0.268. The number of aliphatic hydroxyl groups is 1. The lowest BCUT2D eigenvalue weighted by atomic mass is 10.1. The second-order valence-electron chi connectivity index (χ2n) is 5.76. The van der Waals surface area contributed by atoms with Gasteiger partial charge in [0.15, 0.2) is 12.5 Å². The van der Waals surface area contributed by atoms with Crippen LogP contribution in [0.2, 0.25) is 0 Å². The number of benzene rings is 2. The zero-order valence-corrected chi connectivity index (χ0v) is 13.3. The van der Waals surface area contributed by atoms with E-state index in [0.29, 0.717) is 0 Å². The minimum Gasteiger partial charge on any atom is -0.367 e. The number of hydrogen-bond acceptors (Lipinski definition) is 4. The minimum absolute atomic E-state index is 0.203. The first-order valence-corrected chi connectivity index (χ1v) is 7.99. The van der Waals surface area contributed by atoms with Crippen molar-refractivity contribution in [3.8, 4) is 0 Å². The molecule has 0 aromatic heterocycles. The fourth-order valence-corrected chi connectivity index (χ4v) is 2.66. The summed E-state index contributed by atoms with van der Waals surface area (Å²) in [5.41, 5.74) is 1.87. The molecule has 0 spiro atoms. The lowest BCUT2D eigenvalue weighted by Gasteiger charge is -2.37. The van der Waals surface area contributed by atoms with Crippen molar-refractivity contribution in [2.45, 2.75) is 37.9 Å². The van der Waals surface area contributed by atoms with Crippen molar-refractivity contribution in [2.24, 2.45) is 0 Å². The van der Waals surface area contributed by atoms with Crippen molar-refractivity contribution in [3.05, 3.63) is 71.8 Å². The number of alkyl halides is 1. The Labute approximate surface area is 140 Å². The van der Waals surface area contributed by atoms with Gasteiger partial charge in [0.05, 0.1) is 19.8 Å². The fraction of sp³-hybridized carbons (Fsp3) is 0.368. The van der Waals surface area contributed by atoms with Gasteiger partial charge in [-0.3, -0.25) is 0 Å². The zero-order chi connectivity index (χ0) is 16.8. The molecule has 0 saturated carbocycles. The molecule has 0 amide bonds. The number of aliphatic hydroxyl groups excluding tert-OH is 1. The Morgan fingerprint density at radius 3 is 1.92 bits per heavy atom. The molecule has 2 aromatic rings. The van der Waals surface area contributed by atoms with Crippen LogP contribution in [0.1, 0.15) is 11.1 Å². The predicted octanol–water partition coefficient (Wildman–Crippen LogP) is 2.84. The van der Waals surface area contributed by atoms with E-state index in [0.717, 1.165) is 11.1 Å². The Bertz CT molecular complexity index is 552. The van der Waals surface area contributed by atoms with E-state index in [-0.39, 0.29) is 19.8 Å². The van der Waals surface area contributed by atoms with Crippen molar-refractivity contribution in [1.82, 2.24) is 0 Å². The molecular weight excluding hydrogens is 311 g/mol. The molecule has 128 valence electrons. The standard InChI is InChI=1S/C19H21FO4/c20-16-13-24-19(21)18(23-12-15-9-5-2-6-10-15)17(16)22-11-14-7-3-1-4-8-14/h1-10,16-19,21H,11-13H2/t16-,17-,18-,19-/m0/s1. The van der Waals surface area contributed by atoms with Crippen LogP contribution in [0.15, 0.2) is 60.7 Å². The van der Waals surface area contributed by atoms with Gasteiger partial charge >= 0.3 is 0 Å². The summed E-state index contributed by atoms with van der Waals surface area (Å²) in [6, 6.07) is 19.0. The molecule has 0 bridgehead atoms. The maximum absolute atomic E-state index is 14.3. The monoisotopic (exact) mass is 332 g/mol. The Balaban J connectivity index is 1.63. The second kappa shape index (κ2) is 8.35. The molecule has 0 radical (unpaired) electrons. The number of hydrogen-bond donors (Lipinski definition) is 1. The maximum atomic E-state index is 14.3. The summed E-state index contributed by atoms with van der Waals surface area (Å²) in [4.78, 5) is 0. The van der Waals surface area contributed by atoms with Crippen molar-refractivity contribution in [1.29, 1.82) is 0 Å². The van der Waals surface area contributed by atoms with Crippen LogP contribution < -0.4 is 0 Å². The highest BCUT2D eigenvalue weighted by Crippen LogP contribution is 2.24. The SMILES string of the molecule is O[C@H]1OC[C@H](F)[C@H](OCc2ccccc2)[C@@H]1OCc1ccccc1. The van der Waals surface area contributed by atoms with E-state index >= 15 is 0 Å². The highest BCUT2D eigenvalue weighted by atomic mass is 19.1. The Morgan fingerprint density at radius 1 is 0.875 bits per heavy atom. The van der Waals surface area contributed by atoms with Gasteiger partial charge in [0, 0.05) is 0 Å². The Kier molecular flexibility index (Phi) is 5.93. The predicted molar refractivity (Wildman–Crippen MR) is 86.9 cm³/mol. The average molecular weight is 332 g/mol. The van der Waals surface area contributed by atoms with Gasteiger partial charge in [-0.25, -0.2) is 4.39 Å². The van der Waals surface area contributed by atoms with Crippen LogP contribution in [0.25, 0.3) is 0 Å². The molecule has 1 fully saturated rings. The lowest BCUT2D eigenvalue weighted by Crippen LogP contribution is -2.53. The maximum Gasteiger partial charge on any atom is 0.183 e. The van der Waals surface area contributed by atoms with Crippen LogP contribution in [-0.4, -0.2) is 36.4 Å². The Hall–Kier alpha value is -1.79. The summed E-state index contributed by atoms with van der Waals surface area (Å²) in [5, 5.41) is 10.0. The van der Waals surface area contributed by atoms with Gasteiger partial charge in [0.1, 0.15) is 12.2 Å². The van der Waals surface area contributed by atoms with Gasteiger partial charge in [-0.05, 0) is 11.1 Å². The third kappa shape index (κ3) is 4.39. The summed E-state index contributed by atoms with van der Waals surface area (Å²) in [6.07, 6.45) is -4.31. The summed E-state index contributed by atoms with van der Waals surface area (Å²) >= 11 is 0. The first-order chi connectivity index (χ1) is 11.7. The van der Waals surface area contributed by atoms with Gasteiger partial charge < -0.3 is 19.3 Å². The summed E-state index contributed by atoms with van der Waals surface area (Å²) < 4.78 is 30.7. The molecule has 0 aliphatic carbocycles. The molecular formula is C19H21FO4. The highest BCUT2D eigenvalue weighted by molar-refractivity contribution is 5.14. The van der Waals surface area contributed by atoms with Crippen molar-refractivity contribution in [2.75, 3.05) is 6.61 Å². The van der Waals surface area contributed by atoms with Gasteiger partial charge in [-0.15, -0.1) is 0 Å². The van der Waals surface area contributed by atoms with Gasteiger partial charge in [0.25, 0.3) is 0 Å². The van der Waals surface area contributed by atoms with E-state index in [4.69, 9.17) is 14.2 Å². The van der Waals surface area contributed by atoms with Gasteiger partial charge in [-0.2, -0.15) is 0 Å². The van der Waals surface area contributed by atoms with Crippen LogP contribution >= 0.6 is 0 Å². The number of ether oxygens (including phenoxy) is 3. The van der Waals surface area contributed by atoms with Crippen molar-refractivity contribution >= 4 is 0 Å². The molecule has 1 saturated heterocycles. The van der Waals surface area contributed by atoms with E-state index in [1.54, 1.807) is 0 Å². The largest absolute Gasteiger partial charge is 0.367 e. The molecule has 1 aliphatic heterocycles. The van der Waals surface area contributed by atoms with Gasteiger partial charge in [-0.1, -0.05) is 60.7 Å². The quantitative estimate of drug-likeness (QED) is 0.884. The van der Waals surface area contributed by atoms with Crippen LogP contribution in [-0.2, 0) is 27.4 Å². The first-order valence-electron chi connectivity index (χ1n) is 7.99. The van der Waals surface area contributed by atoms with Crippen LogP contribution in [0.5, 0.6) is 0 Å². The topological polar surface area (TPSA) is 47.9 Å². The number of rotatable bonds is 6. The van der Waals surface area contributed by atoms with Gasteiger partial charge in [0.2, 0.25) is 0 Å². The highest BCUT2D eigenvalue weighted by Gasteiger charge is 2.41. The normalized spacial score (nSPS) is 27.1. The molecule has 5 heteroatoms. The van der Waals surface area contributed by atoms with E-state index in [2.05, 4.69) is 0 Å². The number of halogens is 1. The van der Waals surface area contributed by atoms with Crippen molar-refractivity contribution in [3.63, 3.8) is 0 Å². The third-order valence-electron chi connectivity index (χ3n) is 3.96. The molecule has 4 atom stereocenters.